The van der Waals surface area contributed by atoms with Crippen molar-refractivity contribution in [2.24, 2.45) is 0 Å². The van der Waals surface area contributed by atoms with E-state index in [1.165, 1.54) is 11.3 Å². The van der Waals surface area contributed by atoms with Crippen molar-refractivity contribution in [3.05, 3.63) is 38.8 Å². The van der Waals surface area contributed by atoms with Crippen molar-refractivity contribution in [3.63, 3.8) is 0 Å². The second-order valence-electron chi connectivity index (χ2n) is 3.97. The molecule has 106 valence electrons. The van der Waals surface area contributed by atoms with Gasteiger partial charge in [0.05, 0.1) is 25.1 Å². The monoisotopic (exact) mass is 374 g/mol. The average molecular weight is 376 g/mol. The van der Waals surface area contributed by atoms with Crippen LogP contribution in [0.5, 0.6) is 5.75 Å². The Morgan fingerprint density at radius 1 is 1.50 bits per heavy atom. The van der Waals surface area contributed by atoms with E-state index in [0.717, 1.165) is 15.2 Å². The molecule has 1 aromatic carbocycles. The number of carbonyl (C=O) groups is 1. The molecule has 1 aromatic heterocycles. The molecule has 0 radical (unpaired) electrons. The van der Waals surface area contributed by atoms with E-state index < -0.39 is 0 Å². The third-order valence-electron chi connectivity index (χ3n) is 2.44. The first-order valence-electron chi connectivity index (χ1n) is 5.74. The first kappa shape index (κ1) is 15.3. The Bertz CT molecular complexity index is 618. The van der Waals surface area contributed by atoms with Crippen LogP contribution in [0.2, 0.25) is 0 Å². The first-order chi connectivity index (χ1) is 9.60. The number of carbonyl (C=O) groups excluding carboxylic acids is 1. The number of nitrogens with one attached hydrogen (secondary N) is 1. The summed E-state index contributed by atoms with van der Waals surface area (Å²) in [4.78, 5) is 16.2. The Labute approximate surface area is 134 Å². The number of ether oxygens (including phenoxy) is 1. The quantitative estimate of drug-likeness (QED) is 0.808. The molecular formula is C13H12BrClN2O2S. The highest BCUT2D eigenvalue weighted by atomic mass is 79.9. The molecule has 0 fully saturated rings. The highest BCUT2D eigenvalue weighted by molar-refractivity contribution is 9.10. The van der Waals surface area contributed by atoms with Crippen LogP contribution >= 0.6 is 38.9 Å². The summed E-state index contributed by atoms with van der Waals surface area (Å²) < 4.78 is 5.99. The normalized spacial score (nSPS) is 10.3. The van der Waals surface area contributed by atoms with Crippen LogP contribution in [0, 0.1) is 0 Å². The van der Waals surface area contributed by atoms with Crippen molar-refractivity contribution in [3.8, 4) is 5.75 Å². The molecule has 20 heavy (non-hydrogen) atoms. The van der Waals surface area contributed by atoms with Gasteiger partial charge in [0.25, 0.3) is 0 Å². The van der Waals surface area contributed by atoms with Gasteiger partial charge >= 0.3 is 0 Å². The number of amides is 1. The number of rotatable bonds is 5. The van der Waals surface area contributed by atoms with Crippen LogP contribution < -0.4 is 10.1 Å². The average Bonchev–Trinajstić information content (AvgIpc) is 2.85. The molecule has 2 rings (SSSR count). The molecule has 0 aliphatic heterocycles. The summed E-state index contributed by atoms with van der Waals surface area (Å²) in [5.41, 5.74) is 1.47. The zero-order valence-electron chi connectivity index (χ0n) is 10.7. The maximum atomic E-state index is 12.0. The molecule has 1 heterocycles. The van der Waals surface area contributed by atoms with Crippen LogP contribution in [0.25, 0.3) is 0 Å². The Morgan fingerprint density at radius 2 is 2.30 bits per heavy atom. The van der Waals surface area contributed by atoms with Gasteiger partial charge in [-0.15, -0.1) is 22.9 Å². The smallest absolute Gasteiger partial charge is 0.231 e. The van der Waals surface area contributed by atoms with E-state index in [-0.39, 0.29) is 12.3 Å². The lowest BCUT2D eigenvalue weighted by atomic mass is 10.3. The van der Waals surface area contributed by atoms with Crippen molar-refractivity contribution in [2.75, 3.05) is 12.4 Å². The van der Waals surface area contributed by atoms with Gasteiger partial charge in [-0.05, 0) is 12.1 Å². The first-order valence-corrected chi connectivity index (χ1v) is 7.95. The topological polar surface area (TPSA) is 51.2 Å². The van der Waals surface area contributed by atoms with E-state index in [9.17, 15) is 4.79 Å². The minimum absolute atomic E-state index is 0.124. The van der Waals surface area contributed by atoms with Gasteiger partial charge in [-0.3, -0.25) is 4.79 Å². The van der Waals surface area contributed by atoms with Gasteiger partial charge in [0.2, 0.25) is 5.91 Å². The molecule has 1 amide bonds. The lowest BCUT2D eigenvalue weighted by Crippen LogP contribution is -2.14. The summed E-state index contributed by atoms with van der Waals surface area (Å²) in [6.45, 7) is 0. The largest absolute Gasteiger partial charge is 0.497 e. The van der Waals surface area contributed by atoms with Crippen LogP contribution in [-0.4, -0.2) is 18.0 Å². The zero-order chi connectivity index (χ0) is 14.5. The Balaban J connectivity index is 2.02. The van der Waals surface area contributed by atoms with Crippen molar-refractivity contribution in [2.45, 2.75) is 12.3 Å². The van der Waals surface area contributed by atoms with Crippen LogP contribution in [-0.2, 0) is 17.1 Å². The van der Waals surface area contributed by atoms with E-state index in [1.54, 1.807) is 13.2 Å². The number of anilines is 1. The summed E-state index contributed by atoms with van der Waals surface area (Å²) in [6.07, 6.45) is 0.233. The lowest BCUT2D eigenvalue weighted by Gasteiger charge is -2.07. The van der Waals surface area contributed by atoms with Crippen LogP contribution in [0.4, 0.5) is 5.69 Å². The Hall–Kier alpha value is -1.11. The number of hydrogen-bond donors (Lipinski definition) is 1. The summed E-state index contributed by atoms with van der Waals surface area (Å²) in [7, 11) is 1.58. The molecule has 1 N–H and O–H groups in total. The molecule has 0 atom stereocenters. The lowest BCUT2D eigenvalue weighted by molar-refractivity contribution is -0.115. The number of thiazole rings is 1. The zero-order valence-corrected chi connectivity index (χ0v) is 13.8. The van der Waals surface area contributed by atoms with Gasteiger partial charge < -0.3 is 10.1 Å². The third-order valence-corrected chi connectivity index (χ3v) is 4.07. The SMILES string of the molecule is COc1cc(Br)cc(NC(=O)Cc2nc(CCl)cs2)c1. The van der Waals surface area contributed by atoms with Crippen molar-refractivity contribution in [1.29, 1.82) is 0 Å². The number of methoxy groups -OCH3 is 1. The predicted molar refractivity (Wildman–Crippen MR) is 84.7 cm³/mol. The fourth-order valence-corrected chi connectivity index (χ4v) is 3.08. The molecule has 4 nitrogen and oxygen atoms in total. The van der Waals surface area contributed by atoms with Crippen molar-refractivity contribution >= 4 is 50.5 Å². The molecule has 0 saturated carbocycles. The molecule has 0 aliphatic rings. The van der Waals surface area contributed by atoms with Gasteiger partial charge in [0.15, 0.2) is 0 Å². The highest BCUT2D eigenvalue weighted by Crippen LogP contribution is 2.24. The van der Waals surface area contributed by atoms with Crippen molar-refractivity contribution < 1.29 is 9.53 Å². The summed E-state index contributed by atoms with van der Waals surface area (Å²) >= 11 is 10.5. The Morgan fingerprint density at radius 3 is 2.95 bits per heavy atom. The minimum atomic E-state index is -0.124. The number of aromatic nitrogens is 1. The molecule has 0 aliphatic carbocycles. The molecule has 0 bridgehead atoms. The van der Waals surface area contributed by atoms with Crippen LogP contribution in [0.1, 0.15) is 10.7 Å². The maximum Gasteiger partial charge on any atom is 0.231 e. The summed E-state index contributed by atoms with van der Waals surface area (Å²) in [5.74, 6) is 0.912. The summed E-state index contributed by atoms with van der Waals surface area (Å²) in [5, 5.41) is 5.43. The summed E-state index contributed by atoms with van der Waals surface area (Å²) in [6, 6.07) is 5.39. The number of alkyl halides is 1. The van der Waals surface area contributed by atoms with Gasteiger partial charge in [-0.2, -0.15) is 0 Å². The predicted octanol–water partition coefficient (Wildman–Crippen LogP) is 3.83. The number of hydrogen-bond acceptors (Lipinski definition) is 4. The van der Waals surface area contributed by atoms with Gasteiger partial charge in [0.1, 0.15) is 10.8 Å². The van der Waals surface area contributed by atoms with Crippen molar-refractivity contribution in [1.82, 2.24) is 4.98 Å². The molecule has 7 heteroatoms. The maximum absolute atomic E-state index is 12.0. The second kappa shape index (κ2) is 7.06. The van der Waals surface area contributed by atoms with E-state index in [1.807, 2.05) is 17.5 Å². The minimum Gasteiger partial charge on any atom is -0.497 e. The van der Waals surface area contributed by atoms with E-state index in [0.29, 0.717) is 17.3 Å². The fourth-order valence-electron chi connectivity index (χ4n) is 1.59. The van der Waals surface area contributed by atoms with Gasteiger partial charge in [-0.25, -0.2) is 4.98 Å². The molecule has 2 aromatic rings. The van der Waals surface area contributed by atoms with Gasteiger partial charge in [-0.1, -0.05) is 15.9 Å². The standard InChI is InChI=1S/C13H12BrClN2O2S/c1-19-11-3-8(14)2-9(4-11)16-12(18)5-13-17-10(6-15)7-20-13/h2-4,7H,5-6H2,1H3,(H,16,18). The van der Waals surface area contributed by atoms with E-state index in [2.05, 4.69) is 26.2 Å². The van der Waals surface area contributed by atoms with E-state index >= 15 is 0 Å². The van der Waals surface area contributed by atoms with E-state index in [4.69, 9.17) is 16.3 Å². The number of nitrogens with zero attached hydrogens (tertiary/aromatic N) is 1. The number of halogens is 2. The molecule has 0 saturated heterocycles. The third kappa shape index (κ3) is 4.19. The Kier molecular flexibility index (Phi) is 5.39. The second-order valence-corrected chi connectivity index (χ2v) is 6.10. The molecular weight excluding hydrogens is 364 g/mol. The highest BCUT2D eigenvalue weighted by Gasteiger charge is 2.09. The van der Waals surface area contributed by atoms with Gasteiger partial charge in [0, 0.05) is 21.6 Å². The molecule has 0 unspecified atom stereocenters. The van der Waals surface area contributed by atoms with Crippen LogP contribution in [0.15, 0.2) is 28.1 Å². The fraction of sp³-hybridized carbons (Fsp3) is 0.231. The number of benzene rings is 1. The molecule has 0 spiro atoms. The van der Waals surface area contributed by atoms with Crippen LogP contribution in [0.3, 0.4) is 0 Å².